The summed E-state index contributed by atoms with van der Waals surface area (Å²) in [5, 5.41) is 10.1. The minimum absolute atomic E-state index is 0.148. The van der Waals surface area contributed by atoms with E-state index in [0.717, 1.165) is 16.7 Å². The number of aromatic hydroxyl groups is 1. The Morgan fingerprint density at radius 2 is 1.73 bits per heavy atom. The second kappa shape index (κ2) is 6.44. The van der Waals surface area contributed by atoms with Crippen LogP contribution in [0, 0.1) is 5.82 Å². The van der Waals surface area contributed by atoms with E-state index in [9.17, 15) is 9.50 Å². The monoisotopic (exact) mass is 356 g/mol. The van der Waals surface area contributed by atoms with Crippen molar-refractivity contribution >= 4 is 5.57 Å². The van der Waals surface area contributed by atoms with Crippen LogP contribution in [0.4, 0.5) is 4.39 Å². The van der Waals surface area contributed by atoms with Gasteiger partial charge in [0.05, 0.1) is 18.3 Å². The fraction of sp³-hybridized carbons (Fsp3) is 0.364. The summed E-state index contributed by atoms with van der Waals surface area (Å²) in [6, 6.07) is 9.70. The molecule has 0 bridgehead atoms. The Hall–Kier alpha value is -2.33. The third kappa shape index (κ3) is 3.75. The molecule has 2 aromatic rings. The van der Waals surface area contributed by atoms with Crippen molar-refractivity contribution in [2.75, 3.05) is 7.11 Å². The van der Waals surface area contributed by atoms with Gasteiger partial charge in [-0.1, -0.05) is 0 Å². The van der Waals surface area contributed by atoms with E-state index in [4.69, 9.17) is 9.47 Å². The molecule has 4 heteroatoms. The van der Waals surface area contributed by atoms with Crippen LogP contribution in [0.3, 0.4) is 0 Å². The first-order valence-electron chi connectivity index (χ1n) is 8.69. The maximum Gasteiger partial charge on any atom is 0.131 e. The summed E-state index contributed by atoms with van der Waals surface area (Å²) in [4.78, 5) is 0. The van der Waals surface area contributed by atoms with Gasteiger partial charge in [0.1, 0.15) is 17.3 Å². The minimum Gasteiger partial charge on any atom is -0.508 e. The molecular formula is C22H25FO3. The Morgan fingerprint density at radius 1 is 1.00 bits per heavy atom. The van der Waals surface area contributed by atoms with Crippen LogP contribution in [-0.2, 0) is 4.74 Å². The van der Waals surface area contributed by atoms with Crippen LogP contribution in [0.1, 0.15) is 39.7 Å². The van der Waals surface area contributed by atoms with Gasteiger partial charge in [-0.2, -0.15) is 0 Å². The molecule has 0 amide bonds. The number of rotatable bonds is 3. The first-order chi connectivity index (χ1) is 12.1. The third-order valence-corrected chi connectivity index (χ3v) is 4.49. The van der Waals surface area contributed by atoms with Gasteiger partial charge in [-0.3, -0.25) is 0 Å². The minimum atomic E-state index is -0.452. The Balaban J connectivity index is 2.21. The normalized spacial score (nSPS) is 18.3. The van der Waals surface area contributed by atoms with Gasteiger partial charge >= 0.3 is 0 Å². The quantitative estimate of drug-likeness (QED) is 0.781. The maximum absolute atomic E-state index is 14.6. The van der Waals surface area contributed by atoms with Crippen molar-refractivity contribution in [3.05, 3.63) is 53.9 Å². The van der Waals surface area contributed by atoms with Crippen LogP contribution < -0.4 is 4.74 Å². The molecule has 26 heavy (non-hydrogen) atoms. The smallest absolute Gasteiger partial charge is 0.131 e. The second-order valence-corrected chi connectivity index (χ2v) is 7.89. The van der Waals surface area contributed by atoms with E-state index in [0.29, 0.717) is 17.7 Å². The number of methoxy groups -OCH3 is 1. The highest BCUT2D eigenvalue weighted by Gasteiger charge is 2.35. The van der Waals surface area contributed by atoms with E-state index >= 15 is 0 Å². The van der Waals surface area contributed by atoms with Gasteiger partial charge in [-0.15, -0.1) is 0 Å². The van der Waals surface area contributed by atoms with Crippen molar-refractivity contribution in [1.82, 2.24) is 0 Å². The van der Waals surface area contributed by atoms with E-state index in [1.54, 1.807) is 37.4 Å². The largest absolute Gasteiger partial charge is 0.508 e. The third-order valence-electron chi connectivity index (χ3n) is 4.49. The predicted octanol–water partition coefficient (Wildman–Crippen LogP) is 5.57. The van der Waals surface area contributed by atoms with Gasteiger partial charge < -0.3 is 14.6 Å². The summed E-state index contributed by atoms with van der Waals surface area (Å²) < 4.78 is 26.0. The number of hydrogen-bond donors (Lipinski definition) is 1. The summed E-state index contributed by atoms with van der Waals surface area (Å²) >= 11 is 0. The van der Waals surface area contributed by atoms with Crippen LogP contribution >= 0.6 is 0 Å². The van der Waals surface area contributed by atoms with E-state index in [1.807, 2.05) is 27.7 Å². The number of hydrogen-bond acceptors (Lipinski definition) is 3. The zero-order valence-electron chi connectivity index (χ0n) is 15.9. The van der Waals surface area contributed by atoms with Crippen molar-refractivity contribution in [3.63, 3.8) is 0 Å². The van der Waals surface area contributed by atoms with Crippen LogP contribution in [0.2, 0.25) is 0 Å². The van der Waals surface area contributed by atoms with Gasteiger partial charge in [-0.05, 0) is 86.9 Å². The molecule has 1 aliphatic heterocycles. The molecule has 0 fully saturated rings. The van der Waals surface area contributed by atoms with Crippen molar-refractivity contribution in [2.45, 2.75) is 45.3 Å². The highest BCUT2D eigenvalue weighted by molar-refractivity contribution is 5.84. The zero-order chi connectivity index (χ0) is 19.1. The van der Waals surface area contributed by atoms with Gasteiger partial charge in [0, 0.05) is 12.0 Å². The van der Waals surface area contributed by atoms with Crippen LogP contribution in [0.25, 0.3) is 16.7 Å². The Bertz CT molecular complexity index is 866. The van der Waals surface area contributed by atoms with Gasteiger partial charge in [0.25, 0.3) is 0 Å². The Morgan fingerprint density at radius 3 is 2.38 bits per heavy atom. The molecule has 1 N–H and O–H groups in total. The lowest BCUT2D eigenvalue weighted by molar-refractivity contribution is -0.100. The summed E-state index contributed by atoms with van der Waals surface area (Å²) in [6.07, 6.45) is 2.72. The van der Waals surface area contributed by atoms with E-state index < -0.39 is 5.60 Å². The SMILES string of the molecule is COc1ccc(F)c(-c2ccc(O)cc2C2=CC(C)(C)OC(C)(C)C2)c1. The number of phenols is 1. The molecular weight excluding hydrogens is 331 g/mol. The molecule has 0 saturated heterocycles. The van der Waals surface area contributed by atoms with E-state index in [2.05, 4.69) is 6.08 Å². The van der Waals surface area contributed by atoms with Gasteiger partial charge in [-0.25, -0.2) is 4.39 Å². The van der Waals surface area contributed by atoms with Crippen LogP contribution in [0.5, 0.6) is 11.5 Å². The summed E-state index contributed by atoms with van der Waals surface area (Å²) in [5.74, 6) is 0.404. The molecule has 0 aromatic heterocycles. The first kappa shape index (κ1) is 18.5. The molecule has 0 unspecified atom stereocenters. The van der Waals surface area contributed by atoms with Crippen molar-refractivity contribution in [2.24, 2.45) is 0 Å². The second-order valence-electron chi connectivity index (χ2n) is 7.89. The molecule has 1 heterocycles. The van der Waals surface area contributed by atoms with Crippen LogP contribution in [-0.4, -0.2) is 23.4 Å². The molecule has 0 radical (unpaired) electrons. The topological polar surface area (TPSA) is 38.7 Å². The number of phenolic OH excluding ortho intramolecular Hbond substituents is 1. The lowest BCUT2D eigenvalue weighted by atomic mass is 9.83. The lowest BCUT2D eigenvalue weighted by Gasteiger charge is -2.40. The zero-order valence-corrected chi connectivity index (χ0v) is 15.9. The summed E-state index contributed by atoms with van der Waals surface area (Å²) in [5.41, 5.74) is 2.19. The summed E-state index contributed by atoms with van der Waals surface area (Å²) in [6.45, 7) is 8.08. The molecule has 0 atom stereocenters. The molecule has 0 spiro atoms. The standard InChI is InChI=1S/C22H25FO3/c1-21(2)12-14(13-22(3,4)26-21)18-10-15(24)6-8-17(18)19-11-16(25-5)7-9-20(19)23/h6-12,24H,13H2,1-5H3. The first-order valence-corrected chi connectivity index (χ1v) is 8.69. The summed E-state index contributed by atoms with van der Waals surface area (Å²) in [7, 11) is 1.56. The van der Waals surface area contributed by atoms with Crippen molar-refractivity contribution in [3.8, 4) is 22.6 Å². The highest BCUT2D eigenvalue weighted by atomic mass is 19.1. The molecule has 1 aliphatic rings. The Labute approximate surface area is 154 Å². The fourth-order valence-electron chi connectivity index (χ4n) is 3.75. The van der Waals surface area contributed by atoms with Crippen molar-refractivity contribution in [1.29, 1.82) is 0 Å². The molecule has 3 rings (SSSR count). The Kier molecular flexibility index (Phi) is 4.57. The average Bonchev–Trinajstić information content (AvgIpc) is 2.52. The molecule has 0 saturated carbocycles. The van der Waals surface area contributed by atoms with E-state index in [1.165, 1.54) is 6.07 Å². The highest BCUT2D eigenvalue weighted by Crippen LogP contribution is 2.43. The van der Waals surface area contributed by atoms with Gasteiger partial charge in [0.15, 0.2) is 0 Å². The molecule has 2 aromatic carbocycles. The predicted molar refractivity (Wildman–Crippen MR) is 102 cm³/mol. The number of halogens is 1. The maximum atomic E-state index is 14.6. The number of benzene rings is 2. The molecule has 3 nitrogen and oxygen atoms in total. The molecule has 138 valence electrons. The van der Waals surface area contributed by atoms with Gasteiger partial charge in [0.2, 0.25) is 0 Å². The lowest BCUT2D eigenvalue weighted by Crippen LogP contribution is -2.39. The van der Waals surface area contributed by atoms with Crippen LogP contribution in [0.15, 0.2) is 42.5 Å². The van der Waals surface area contributed by atoms with E-state index in [-0.39, 0.29) is 17.2 Å². The molecule has 0 aliphatic carbocycles. The average molecular weight is 356 g/mol. The fourth-order valence-corrected chi connectivity index (χ4v) is 3.75. The van der Waals surface area contributed by atoms with Crippen molar-refractivity contribution < 1.29 is 19.0 Å². The number of ether oxygens (including phenoxy) is 2.